The Morgan fingerprint density at radius 3 is 2.79 bits per heavy atom. The number of amides is 2. The number of halogens is 3. The molecule has 0 aliphatic carbocycles. The third kappa shape index (κ3) is 5.79. The Bertz CT molecular complexity index is 1190. The van der Waals surface area contributed by atoms with Gasteiger partial charge in [0, 0.05) is 48.5 Å². The summed E-state index contributed by atoms with van der Waals surface area (Å²) in [6, 6.07) is 11.0. The lowest BCUT2D eigenvalue weighted by Crippen LogP contribution is -2.43. The predicted octanol–water partition coefficient (Wildman–Crippen LogP) is 2.77. The van der Waals surface area contributed by atoms with Gasteiger partial charge in [0.05, 0.1) is 12.1 Å². The van der Waals surface area contributed by atoms with Gasteiger partial charge in [0.25, 0.3) is 5.91 Å². The molecule has 11 heteroatoms. The zero-order valence-corrected chi connectivity index (χ0v) is 18.1. The van der Waals surface area contributed by atoms with Crippen molar-refractivity contribution >= 4 is 28.4 Å². The second-order valence-electron chi connectivity index (χ2n) is 8.13. The van der Waals surface area contributed by atoms with Crippen LogP contribution in [0.15, 0.2) is 48.7 Å². The number of nitrogens with one attached hydrogen (secondary N) is 3. The van der Waals surface area contributed by atoms with Crippen molar-refractivity contribution in [2.45, 2.75) is 25.4 Å². The quantitative estimate of drug-likeness (QED) is 0.393. The summed E-state index contributed by atoms with van der Waals surface area (Å²) >= 11 is 0. The van der Waals surface area contributed by atoms with Crippen molar-refractivity contribution in [3.05, 3.63) is 59.8 Å². The van der Waals surface area contributed by atoms with E-state index in [4.69, 9.17) is 5.73 Å². The zero-order chi connectivity index (χ0) is 24.3. The highest BCUT2D eigenvalue weighted by molar-refractivity contribution is 6.01. The molecule has 4 rings (SSSR count). The van der Waals surface area contributed by atoms with Crippen molar-refractivity contribution in [1.29, 1.82) is 0 Å². The summed E-state index contributed by atoms with van der Waals surface area (Å²) < 4.78 is 41.0. The van der Waals surface area contributed by atoms with Gasteiger partial charge in [-0.15, -0.1) is 13.2 Å². The molecular weight excluding hydrogens is 451 g/mol. The van der Waals surface area contributed by atoms with Crippen molar-refractivity contribution < 1.29 is 27.5 Å². The Kier molecular flexibility index (Phi) is 6.64. The summed E-state index contributed by atoms with van der Waals surface area (Å²) in [6.45, 7) is 1.91. The van der Waals surface area contributed by atoms with Crippen LogP contribution < -0.4 is 21.1 Å². The normalized spacial score (nSPS) is 16.5. The lowest BCUT2D eigenvalue weighted by Gasteiger charge is -2.17. The highest BCUT2D eigenvalue weighted by Crippen LogP contribution is 2.26. The number of fused-ring (bicyclic) bond motifs is 1. The van der Waals surface area contributed by atoms with E-state index in [2.05, 4.69) is 31.3 Å². The molecular formula is C23H24F3N5O3. The van der Waals surface area contributed by atoms with Crippen LogP contribution in [-0.4, -0.2) is 53.7 Å². The van der Waals surface area contributed by atoms with Crippen LogP contribution in [0.25, 0.3) is 10.9 Å². The van der Waals surface area contributed by atoms with Crippen LogP contribution in [0, 0.1) is 0 Å². The Morgan fingerprint density at radius 2 is 2.00 bits per heavy atom. The minimum Gasteiger partial charge on any atom is -0.406 e. The van der Waals surface area contributed by atoms with Crippen molar-refractivity contribution in [3.8, 4) is 5.75 Å². The van der Waals surface area contributed by atoms with Gasteiger partial charge in [-0.3, -0.25) is 14.5 Å². The van der Waals surface area contributed by atoms with Gasteiger partial charge in [-0.2, -0.15) is 0 Å². The van der Waals surface area contributed by atoms with Crippen molar-refractivity contribution in [2.75, 3.05) is 25.4 Å². The number of nitrogens with zero attached hydrogens (tertiary/aromatic N) is 1. The van der Waals surface area contributed by atoms with Crippen LogP contribution in [0.1, 0.15) is 22.3 Å². The average molecular weight is 475 g/mol. The lowest BCUT2D eigenvalue weighted by atomic mass is 10.1. The summed E-state index contributed by atoms with van der Waals surface area (Å²) in [5, 5.41) is 6.44. The number of benzene rings is 2. The molecule has 2 heterocycles. The average Bonchev–Trinajstić information content (AvgIpc) is 3.39. The maximum Gasteiger partial charge on any atom is 0.573 e. The van der Waals surface area contributed by atoms with Gasteiger partial charge < -0.3 is 26.1 Å². The fraction of sp³-hybridized carbons (Fsp3) is 0.304. The van der Waals surface area contributed by atoms with E-state index in [0.717, 1.165) is 43.2 Å². The number of hydrogen-bond donors (Lipinski definition) is 4. The van der Waals surface area contributed by atoms with E-state index < -0.39 is 23.9 Å². The number of aromatic nitrogens is 1. The molecule has 0 spiro atoms. The molecule has 2 amide bonds. The molecule has 2 aromatic carbocycles. The maximum absolute atomic E-state index is 12.4. The number of aromatic amines is 1. The Labute approximate surface area is 193 Å². The molecule has 5 N–H and O–H groups in total. The molecule has 8 nitrogen and oxygen atoms in total. The van der Waals surface area contributed by atoms with Crippen LogP contribution in [0.3, 0.4) is 0 Å². The van der Waals surface area contributed by atoms with Gasteiger partial charge >= 0.3 is 6.36 Å². The number of nitrogens with two attached hydrogens (primary N) is 1. The van der Waals surface area contributed by atoms with E-state index in [0.29, 0.717) is 6.54 Å². The highest BCUT2D eigenvalue weighted by atomic mass is 19.4. The fourth-order valence-electron chi connectivity index (χ4n) is 4.06. The third-order valence-electron chi connectivity index (χ3n) is 5.62. The Hall–Kier alpha value is -3.73. The summed E-state index contributed by atoms with van der Waals surface area (Å²) in [4.78, 5) is 30.2. The first-order valence-electron chi connectivity index (χ1n) is 10.7. The number of nitrogen functional groups attached to an aromatic ring is 1. The van der Waals surface area contributed by atoms with Crippen molar-refractivity contribution in [1.82, 2.24) is 20.5 Å². The second-order valence-corrected chi connectivity index (χ2v) is 8.13. The number of anilines is 1. The number of rotatable bonds is 7. The molecule has 1 aliphatic rings. The van der Waals surface area contributed by atoms with Crippen molar-refractivity contribution in [2.24, 2.45) is 0 Å². The highest BCUT2D eigenvalue weighted by Gasteiger charge is 2.31. The number of H-pyrrole nitrogens is 1. The molecule has 1 aromatic heterocycles. The van der Waals surface area contributed by atoms with Crippen LogP contribution in [0.4, 0.5) is 18.9 Å². The van der Waals surface area contributed by atoms with E-state index >= 15 is 0 Å². The molecule has 0 saturated carbocycles. The molecule has 180 valence electrons. The molecule has 1 aliphatic heterocycles. The number of para-hydroxylation sites is 1. The molecule has 34 heavy (non-hydrogen) atoms. The first kappa shape index (κ1) is 23.4. The SMILES string of the molecule is Nc1ccc(OC(F)(F)F)cc1C(=O)NCC(=O)NC1CCN(Cc2c[nH]c3ccccc23)C1. The van der Waals surface area contributed by atoms with E-state index in [9.17, 15) is 22.8 Å². The third-order valence-corrected chi connectivity index (χ3v) is 5.62. The molecule has 1 unspecified atom stereocenters. The van der Waals surface area contributed by atoms with Gasteiger partial charge in [0.15, 0.2) is 0 Å². The van der Waals surface area contributed by atoms with E-state index in [1.165, 1.54) is 10.9 Å². The van der Waals surface area contributed by atoms with Gasteiger partial charge in [-0.1, -0.05) is 18.2 Å². The standard InChI is InChI=1S/C23H24F3N5O3/c24-23(25,26)34-16-5-6-19(27)18(9-16)22(33)29-11-21(32)30-15-7-8-31(13-15)12-14-10-28-20-4-2-1-3-17(14)20/h1-6,9-10,15,28H,7-8,11-13,27H2,(H,29,33)(H,30,32). The van der Waals surface area contributed by atoms with Crippen LogP contribution >= 0.6 is 0 Å². The number of alkyl halides is 3. The smallest absolute Gasteiger partial charge is 0.406 e. The summed E-state index contributed by atoms with van der Waals surface area (Å²) in [5.74, 6) is -1.74. The number of carbonyl (C=O) groups excluding carboxylic acids is 2. The van der Waals surface area contributed by atoms with E-state index in [1.54, 1.807) is 0 Å². The lowest BCUT2D eigenvalue weighted by molar-refractivity contribution is -0.274. The maximum atomic E-state index is 12.4. The molecule has 1 fully saturated rings. The molecule has 0 radical (unpaired) electrons. The zero-order valence-electron chi connectivity index (χ0n) is 18.1. The minimum atomic E-state index is -4.90. The van der Waals surface area contributed by atoms with Crippen LogP contribution in [0.5, 0.6) is 5.75 Å². The largest absolute Gasteiger partial charge is 0.573 e. The van der Waals surface area contributed by atoms with Gasteiger partial charge in [0.1, 0.15) is 5.75 Å². The summed E-state index contributed by atoms with van der Waals surface area (Å²) in [6.07, 6.45) is -2.13. The van der Waals surface area contributed by atoms with E-state index in [-0.39, 0.29) is 23.8 Å². The molecule has 1 atom stereocenters. The number of ether oxygens (including phenoxy) is 1. The predicted molar refractivity (Wildman–Crippen MR) is 120 cm³/mol. The van der Waals surface area contributed by atoms with Gasteiger partial charge in [-0.25, -0.2) is 0 Å². The second kappa shape index (κ2) is 9.64. The first-order chi connectivity index (χ1) is 16.2. The van der Waals surface area contributed by atoms with Crippen molar-refractivity contribution in [3.63, 3.8) is 0 Å². The minimum absolute atomic E-state index is 0.0313. The summed E-state index contributed by atoms with van der Waals surface area (Å²) in [5.41, 5.74) is 7.71. The molecule has 0 bridgehead atoms. The topological polar surface area (TPSA) is 112 Å². The molecule has 1 saturated heterocycles. The van der Waals surface area contributed by atoms with E-state index in [1.807, 2.05) is 24.4 Å². The Balaban J connectivity index is 1.26. The number of hydrogen-bond acceptors (Lipinski definition) is 5. The number of likely N-dealkylation sites (tertiary alicyclic amines) is 1. The fourth-order valence-corrected chi connectivity index (χ4v) is 4.06. The Morgan fingerprint density at radius 1 is 1.21 bits per heavy atom. The molecule has 3 aromatic rings. The van der Waals surface area contributed by atoms with Crippen LogP contribution in [-0.2, 0) is 11.3 Å². The van der Waals surface area contributed by atoms with Gasteiger partial charge in [0.2, 0.25) is 5.91 Å². The monoisotopic (exact) mass is 475 g/mol. The first-order valence-corrected chi connectivity index (χ1v) is 10.7. The number of carbonyl (C=O) groups is 2. The summed E-state index contributed by atoms with van der Waals surface area (Å²) in [7, 11) is 0. The van der Waals surface area contributed by atoms with Crippen LogP contribution in [0.2, 0.25) is 0 Å². The van der Waals surface area contributed by atoms with Gasteiger partial charge in [-0.05, 0) is 36.2 Å².